The number of carbonyl (C=O) groups excluding carboxylic acids is 1. The molecule has 2 aromatic rings. The maximum Gasteiger partial charge on any atom is 0.251 e. The van der Waals surface area contributed by atoms with E-state index in [2.05, 4.69) is 34.6 Å². The molecule has 0 saturated carbocycles. The van der Waals surface area contributed by atoms with Gasteiger partial charge < -0.3 is 20.3 Å². The Kier molecular flexibility index (Phi) is 10.8. The first-order chi connectivity index (χ1) is 15.1. The molecule has 0 aromatic heterocycles. The standard InChI is InChI=1S/C25H34N4O2.HI/c1-4-14-27-24(30)21-8-6-7-19(16-21)17-28-25(26-5-2)29-15-13-22(18-29)20-9-11-23(31-3)12-10-20;/h6-12,16,22H,4-5,13-15,17-18H2,1-3H3,(H,26,28)(H,27,30);1H. The molecule has 174 valence electrons. The molecule has 2 aromatic carbocycles. The van der Waals surface area contributed by atoms with Crippen molar-refractivity contribution < 1.29 is 9.53 Å². The van der Waals surface area contributed by atoms with Crippen LogP contribution in [0.5, 0.6) is 5.75 Å². The summed E-state index contributed by atoms with van der Waals surface area (Å²) in [6, 6.07) is 16.1. The number of carbonyl (C=O) groups is 1. The Morgan fingerprint density at radius 2 is 1.94 bits per heavy atom. The van der Waals surface area contributed by atoms with E-state index >= 15 is 0 Å². The number of ether oxygens (including phenoxy) is 1. The summed E-state index contributed by atoms with van der Waals surface area (Å²) in [6.07, 6.45) is 2.03. The molecule has 1 fully saturated rings. The SMILES string of the molecule is CCCNC(=O)c1cccc(CN=C(NCC)N2CCC(c3ccc(OC)cc3)C2)c1.I. The molecular formula is C25H35IN4O2. The van der Waals surface area contributed by atoms with Crippen molar-refractivity contribution in [2.24, 2.45) is 4.99 Å². The maximum absolute atomic E-state index is 12.2. The highest BCUT2D eigenvalue weighted by molar-refractivity contribution is 14.0. The third-order valence-electron chi connectivity index (χ3n) is 5.55. The average Bonchev–Trinajstić information content (AvgIpc) is 3.30. The molecule has 1 heterocycles. The minimum Gasteiger partial charge on any atom is -0.497 e. The van der Waals surface area contributed by atoms with Crippen molar-refractivity contribution in [3.8, 4) is 5.75 Å². The Hall–Kier alpha value is -2.29. The van der Waals surface area contributed by atoms with Gasteiger partial charge in [-0.2, -0.15) is 0 Å². The van der Waals surface area contributed by atoms with Crippen molar-refractivity contribution in [2.75, 3.05) is 33.3 Å². The molecular weight excluding hydrogens is 515 g/mol. The molecule has 0 radical (unpaired) electrons. The molecule has 6 nitrogen and oxygen atoms in total. The second-order valence-corrected chi connectivity index (χ2v) is 7.83. The molecule has 7 heteroatoms. The highest BCUT2D eigenvalue weighted by Gasteiger charge is 2.26. The van der Waals surface area contributed by atoms with E-state index in [4.69, 9.17) is 9.73 Å². The second kappa shape index (κ2) is 13.3. The van der Waals surface area contributed by atoms with Crippen LogP contribution in [0.15, 0.2) is 53.5 Å². The molecule has 1 atom stereocenters. The number of methoxy groups -OCH3 is 1. The molecule has 1 aliphatic heterocycles. The lowest BCUT2D eigenvalue weighted by Crippen LogP contribution is -2.40. The van der Waals surface area contributed by atoms with Gasteiger partial charge in [-0.15, -0.1) is 24.0 Å². The quantitative estimate of drug-likeness (QED) is 0.291. The molecule has 32 heavy (non-hydrogen) atoms. The van der Waals surface area contributed by atoms with E-state index in [0.29, 0.717) is 24.6 Å². The van der Waals surface area contributed by atoms with Crippen molar-refractivity contribution >= 4 is 35.8 Å². The first-order valence-electron chi connectivity index (χ1n) is 11.2. The van der Waals surface area contributed by atoms with Crippen LogP contribution < -0.4 is 15.4 Å². The predicted molar refractivity (Wildman–Crippen MR) is 141 cm³/mol. The van der Waals surface area contributed by atoms with Crippen molar-refractivity contribution in [3.63, 3.8) is 0 Å². The van der Waals surface area contributed by atoms with Crippen LogP contribution in [0.25, 0.3) is 0 Å². The smallest absolute Gasteiger partial charge is 0.251 e. The number of hydrogen-bond donors (Lipinski definition) is 2. The van der Waals surface area contributed by atoms with E-state index in [1.54, 1.807) is 7.11 Å². The topological polar surface area (TPSA) is 66.0 Å². The molecule has 1 saturated heterocycles. The number of hydrogen-bond acceptors (Lipinski definition) is 3. The van der Waals surface area contributed by atoms with E-state index in [0.717, 1.165) is 49.7 Å². The van der Waals surface area contributed by atoms with E-state index in [1.165, 1.54) is 5.56 Å². The van der Waals surface area contributed by atoms with Crippen LogP contribution in [0, 0.1) is 0 Å². The van der Waals surface area contributed by atoms with Crippen LogP contribution in [0.1, 0.15) is 54.1 Å². The monoisotopic (exact) mass is 550 g/mol. The van der Waals surface area contributed by atoms with Crippen LogP contribution in [0.2, 0.25) is 0 Å². The fraction of sp³-hybridized carbons (Fsp3) is 0.440. The highest BCUT2D eigenvalue weighted by atomic mass is 127. The zero-order chi connectivity index (χ0) is 22.1. The van der Waals surface area contributed by atoms with Gasteiger partial charge in [0.25, 0.3) is 5.91 Å². The normalized spacial score (nSPS) is 15.8. The number of likely N-dealkylation sites (tertiary alicyclic amines) is 1. The summed E-state index contributed by atoms with van der Waals surface area (Å²) in [5, 5.41) is 6.36. The number of halogens is 1. The Bertz CT molecular complexity index is 886. The lowest BCUT2D eigenvalue weighted by molar-refractivity contribution is 0.0953. The summed E-state index contributed by atoms with van der Waals surface area (Å²) >= 11 is 0. The zero-order valence-electron chi connectivity index (χ0n) is 19.3. The fourth-order valence-corrected chi connectivity index (χ4v) is 3.84. The van der Waals surface area contributed by atoms with Crippen LogP contribution >= 0.6 is 24.0 Å². The predicted octanol–water partition coefficient (Wildman–Crippen LogP) is 4.41. The molecule has 1 aliphatic rings. The third kappa shape index (κ3) is 7.12. The Morgan fingerprint density at radius 3 is 2.62 bits per heavy atom. The van der Waals surface area contributed by atoms with Crippen molar-refractivity contribution in [2.45, 2.75) is 39.2 Å². The van der Waals surface area contributed by atoms with Gasteiger partial charge in [0.05, 0.1) is 13.7 Å². The number of nitrogens with zero attached hydrogens (tertiary/aromatic N) is 2. The van der Waals surface area contributed by atoms with Crippen LogP contribution in [0.4, 0.5) is 0 Å². The number of guanidine groups is 1. The first-order valence-corrected chi connectivity index (χ1v) is 11.2. The van der Waals surface area contributed by atoms with Gasteiger partial charge in [-0.1, -0.05) is 31.2 Å². The number of nitrogens with one attached hydrogen (secondary N) is 2. The summed E-state index contributed by atoms with van der Waals surface area (Å²) in [4.78, 5) is 19.4. The molecule has 1 unspecified atom stereocenters. The van der Waals surface area contributed by atoms with Crippen molar-refractivity contribution in [1.82, 2.24) is 15.5 Å². The average molecular weight is 550 g/mol. The molecule has 3 rings (SSSR count). The van der Waals surface area contributed by atoms with Crippen LogP contribution in [0.3, 0.4) is 0 Å². The van der Waals surface area contributed by atoms with Gasteiger partial charge in [0.15, 0.2) is 5.96 Å². The molecule has 1 amide bonds. The van der Waals surface area contributed by atoms with Crippen LogP contribution in [-0.4, -0.2) is 50.1 Å². The van der Waals surface area contributed by atoms with Gasteiger partial charge in [-0.3, -0.25) is 4.79 Å². The van der Waals surface area contributed by atoms with Gasteiger partial charge in [-0.05, 0) is 55.2 Å². The Balaban J connectivity index is 0.00000363. The number of benzene rings is 2. The largest absolute Gasteiger partial charge is 0.497 e. The summed E-state index contributed by atoms with van der Waals surface area (Å²) in [5.41, 5.74) is 3.06. The lowest BCUT2D eigenvalue weighted by atomic mass is 9.98. The maximum atomic E-state index is 12.2. The molecule has 0 aliphatic carbocycles. The Morgan fingerprint density at radius 1 is 1.16 bits per heavy atom. The fourth-order valence-electron chi connectivity index (χ4n) is 3.84. The van der Waals surface area contributed by atoms with Gasteiger partial charge in [0.1, 0.15) is 5.75 Å². The van der Waals surface area contributed by atoms with E-state index in [9.17, 15) is 4.79 Å². The zero-order valence-corrected chi connectivity index (χ0v) is 21.6. The van der Waals surface area contributed by atoms with Crippen molar-refractivity contribution in [1.29, 1.82) is 0 Å². The van der Waals surface area contributed by atoms with Gasteiger partial charge in [0.2, 0.25) is 0 Å². The summed E-state index contributed by atoms with van der Waals surface area (Å²) in [7, 11) is 1.69. The third-order valence-corrected chi connectivity index (χ3v) is 5.55. The lowest BCUT2D eigenvalue weighted by Gasteiger charge is -2.22. The van der Waals surface area contributed by atoms with Crippen molar-refractivity contribution in [3.05, 3.63) is 65.2 Å². The van der Waals surface area contributed by atoms with E-state index in [1.807, 2.05) is 43.3 Å². The second-order valence-electron chi connectivity index (χ2n) is 7.83. The summed E-state index contributed by atoms with van der Waals surface area (Å²) < 4.78 is 5.27. The number of aliphatic imine (C=N–C) groups is 1. The summed E-state index contributed by atoms with van der Waals surface area (Å²) in [5.74, 6) is 2.28. The van der Waals surface area contributed by atoms with Gasteiger partial charge in [0, 0.05) is 37.7 Å². The van der Waals surface area contributed by atoms with Crippen LogP contribution in [-0.2, 0) is 6.54 Å². The highest BCUT2D eigenvalue weighted by Crippen LogP contribution is 2.28. The molecule has 2 N–H and O–H groups in total. The molecule has 0 spiro atoms. The number of rotatable bonds is 8. The van der Waals surface area contributed by atoms with E-state index in [-0.39, 0.29) is 29.9 Å². The van der Waals surface area contributed by atoms with E-state index < -0.39 is 0 Å². The summed E-state index contributed by atoms with van der Waals surface area (Å²) in [6.45, 7) is 8.11. The molecule has 0 bridgehead atoms. The van der Waals surface area contributed by atoms with Gasteiger partial charge >= 0.3 is 0 Å². The minimum atomic E-state index is -0.0264. The number of amides is 1. The van der Waals surface area contributed by atoms with Gasteiger partial charge in [-0.25, -0.2) is 4.99 Å². The Labute approximate surface area is 208 Å². The minimum absolute atomic E-state index is 0. The first kappa shape index (κ1) is 26.0.